The maximum Gasteiger partial charge on any atom is 0.257 e. The van der Waals surface area contributed by atoms with Crippen LogP contribution in [0.2, 0.25) is 0 Å². The van der Waals surface area contributed by atoms with E-state index in [0.29, 0.717) is 0 Å². The Labute approximate surface area is 52.3 Å². The van der Waals surface area contributed by atoms with Crippen molar-refractivity contribution in [2.24, 2.45) is 0 Å². The largest absolute Gasteiger partial charge is 0.504 e. The molecule has 0 bridgehead atoms. The minimum absolute atomic E-state index is 0.758. The number of methoxy groups -OCH3 is 1. The van der Waals surface area contributed by atoms with Crippen LogP contribution in [0.15, 0.2) is 11.7 Å². The van der Waals surface area contributed by atoms with Crippen molar-refractivity contribution in [3.63, 3.8) is 0 Å². The molecule has 0 amide bonds. The van der Waals surface area contributed by atoms with Crippen LogP contribution in [0.1, 0.15) is 0 Å². The van der Waals surface area contributed by atoms with Crippen LogP contribution in [0.25, 0.3) is 0 Å². The fourth-order valence-corrected chi connectivity index (χ4v) is 0.492. The standard InChI is InChI=1S/C3H5ClO3S/c1-7-2-3-8(4,5)6/h2-3H,1H3/b3-2+. The van der Waals surface area contributed by atoms with E-state index in [1.54, 1.807) is 0 Å². The molecule has 0 atom stereocenters. The van der Waals surface area contributed by atoms with E-state index in [-0.39, 0.29) is 0 Å². The molecule has 0 aliphatic heterocycles. The topological polar surface area (TPSA) is 43.4 Å². The van der Waals surface area contributed by atoms with Gasteiger partial charge < -0.3 is 4.74 Å². The molecular formula is C3H5ClO3S. The van der Waals surface area contributed by atoms with Gasteiger partial charge in [-0.25, -0.2) is 8.42 Å². The fraction of sp³-hybridized carbons (Fsp3) is 0.333. The zero-order valence-electron chi connectivity index (χ0n) is 4.17. The van der Waals surface area contributed by atoms with Gasteiger partial charge in [0.05, 0.1) is 18.8 Å². The van der Waals surface area contributed by atoms with Gasteiger partial charge in [-0.15, -0.1) is 0 Å². The van der Waals surface area contributed by atoms with Crippen molar-refractivity contribution in [3.05, 3.63) is 11.7 Å². The van der Waals surface area contributed by atoms with Crippen LogP contribution in [0.5, 0.6) is 0 Å². The van der Waals surface area contributed by atoms with Crippen molar-refractivity contribution in [2.45, 2.75) is 0 Å². The van der Waals surface area contributed by atoms with Crippen molar-refractivity contribution >= 4 is 19.7 Å². The van der Waals surface area contributed by atoms with Crippen molar-refractivity contribution in [2.75, 3.05) is 7.11 Å². The zero-order chi connectivity index (χ0) is 6.62. The Bertz CT molecular complexity index is 169. The van der Waals surface area contributed by atoms with Crippen LogP contribution in [-0.4, -0.2) is 15.5 Å². The van der Waals surface area contributed by atoms with E-state index in [2.05, 4.69) is 4.74 Å². The van der Waals surface area contributed by atoms with Crippen molar-refractivity contribution < 1.29 is 13.2 Å². The average molecular weight is 157 g/mol. The van der Waals surface area contributed by atoms with Crippen LogP contribution in [0.4, 0.5) is 0 Å². The number of ether oxygens (including phenoxy) is 1. The number of rotatable bonds is 2. The lowest BCUT2D eigenvalue weighted by atomic mass is 11.1. The summed E-state index contributed by atoms with van der Waals surface area (Å²) in [7, 11) is 2.53. The first-order valence-electron chi connectivity index (χ1n) is 1.70. The molecule has 5 heteroatoms. The van der Waals surface area contributed by atoms with Gasteiger partial charge in [0.2, 0.25) is 0 Å². The summed E-state index contributed by atoms with van der Waals surface area (Å²) in [5.41, 5.74) is 0. The molecule has 0 unspecified atom stereocenters. The van der Waals surface area contributed by atoms with Crippen LogP contribution in [0.3, 0.4) is 0 Å². The molecule has 0 rings (SSSR count). The normalized spacial score (nSPS) is 12.2. The van der Waals surface area contributed by atoms with E-state index in [9.17, 15) is 8.42 Å². The summed E-state index contributed by atoms with van der Waals surface area (Å²) in [5.74, 6) is 0. The van der Waals surface area contributed by atoms with E-state index >= 15 is 0 Å². The maximum atomic E-state index is 9.99. The molecular weight excluding hydrogens is 152 g/mol. The predicted molar refractivity (Wildman–Crippen MR) is 30.9 cm³/mol. The molecule has 0 aromatic rings. The lowest BCUT2D eigenvalue weighted by molar-refractivity contribution is 0.338. The highest BCUT2D eigenvalue weighted by Gasteiger charge is 1.93. The third-order valence-electron chi connectivity index (χ3n) is 0.354. The van der Waals surface area contributed by atoms with Gasteiger partial charge in [-0.05, 0) is 0 Å². The molecule has 0 spiro atoms. The first kappa shape index (κ1) is 7.78. The molecule has 0 radical (unpaired) electrons. The van der Waals surface area contributed by atoms with Crippen molar-refractivity contribution in [1.82, 2.24) is 0 Å². The molecule has 0 heterocycles. The van der Waals surface area contributed by atoms with Gasteiger partial charge in [-0.1, -0.05) is 0 Å². The molecule has 0 saturated carbocycles. The van der Waals surface area contributed by atoms with Crippen molar-refractivity contribution in [1.29, 1.82) is 0 Å². The highest BCUT2D eigenvalue weighted by atomic mass is 35.7. The van der Waals surface area contributed by atoms with Gasteiger partial charge in [-0.2, -0.15) is 0 Å². The highest BCUT2D eigenvalue weighted by molar-refractivity contribution is 8.16. The minimum atomic E-state index is -3.52. The molecule has 0 fully saturated rings. The lowest BCUT2D eigenvalue weighted by Gasteiger charge is -1.81. The Morgan fingerprint density at radius 3 is 2.25 bits per heavy atom. The molecule has 0 aliphatic carbocycles. The Hall–Kier alpha value is -0.220. The summed E-state index contributed by atoms with van der Waals surface area (Å²) in [4.78, 5) is 0. The van der Waals surface area contributed by atoms with Crippen LogP contribution >= 0.6 is 10.7 Å². The van der Waals surface area contributed by atoms with Crippen LogP contribution in [0, 0.1) is 0 Å². The third-order valence-corrected chi connectivity index (χ3v) is 1.10. The molecule has 0 aromatic carbocycles. The second-order valence-corrected chi connectivity index (χ2v) is 3.50. The first-order valence-corrected chi connectivity index (χ1v) is 4.07. The van der Waals surface area contributed by atoms with E-state index in [4.69, 9.17) is 10.7 Å². The molecule has 0 saturated heterocycles. The molecule has 0 N–H and O–H groups in total. The average Bonchev–Trinajstić information content (AvgIpc) is 1.59. The van der Waals surface area contributed by atoms with Gasteiger partial charge in [0, 0.05) is 10.7 Å². The molecule has 3 nitrogen and oxygen atoms in total. The molecule has 48 valence electrons. The Kier molecular flexibility index (Phi) is 2.86. The van der Waals surface area contributed by atoms with Gasteiger partial charge in [0.1, 0.15) is 0 Å². The van der Waals surface area contributed by atoms with Crippen LogP contribution < -0.4 is 0 Å². The van der Waals surface area contributed by atoms with Gasteiger partial charge in [0.15, 0.2) is 0 Å². The SMILES string of the molecule is CO/C=C/S(=O)(=O)Cl. The quantitative estimate of drug-likeness (QED) is 0.436. The van der Waals surface area contributed by atoms with Crippen LogP contribution in [-0.2, 0) is 13.8 Å². The second-order valence-electron chi connectivity index (χ2n) is 0.983. The molecule has 8 heavy (non-hydrogen) atoms. The summed E-state index contributed by atoms with van der Waals surface area (Å²) in [5, 5.41) is 0.758. The summed E-state index contributed by atoms with van der Waals surface area (Å²) in [6.07, 6.45) is 0.988. The minimum Gasteiger partial charge on any atom is -0.504 e. The smallest absolute Gasteiger partial charge is 0.257 e. The lowest BCUT2D eigenvalue weighted by Crippen LogP contribution is -1.78. The number of halogens is 1. The van der Waals surface area contributed by atoms with Gasteiger partial charge >= 0.3 is 0 Å². The highest BCUT2D eigenvalue weighted by Crippen LogP contribution is 1.96. The Morgan fingerprint density at radius 1 is 1.62 bits per heavy atom. The van der Waals surface area contributed by atoms with Gasteiger partial charge in [0.25, 0.3) is 9.05 Å². The molecule has 0 aliphatic rings. The number of hydrogen-bond donors (Lipinski definition) is 0. The summed E-state index contributed by atoms with van der Waals surface area (Å²) in [6, 6.07) is 0. The van der Waals surface area contributed by atoms with E-state index in [1.165, 1.54) is 7.11 Å². The maximum absolute atomic E-state index is 9.99. The van der Waals surface area contributed by atoms with E-state index in [1.807, 2.05) is 0 Å². The zero-order valence-corrected chi connectivity index (χ0v) is 5.74. The van der Waals surface area contributed by atoms with E-state index < -0.39 is 9.05 Å². The first-order chi connectivity index (χ1) is 3.56. The Morgan fingerprint density at radius 2 is 2.12 bits per heavy atom. The second kappa shape index (κ2) is 2.94. The summed E-state index contributed by atoms with van der Waals surface area (Å²) >= 11 is 0. The number of hydrogen-bond acceptors (Lipinski definition) is 3. The Balaban J connectivity index is 3.92. The van der Waals surface area contributed by atoms with Crippen molar-refractivity contribution in [3.8, 4) is 0 Å². The predicted octanol–water partition coefficient (Wildman–Crippen LogP) is 0.673. The fourth-order valence-electron chi connectivity index (χ4n) is 0.122. The molecule has 0 aromatic heterocycles. The summed E-state index contributed by atoms with van der Waals surface area (Å²) in [6.45, 7) is 0. The summed E-state index contributed by atoms with van der Waals surface area (Å²) < 4.78 is 24.3. The van der Waals surface area contributed by atoms with Gasteiger partial charge in [-0.3, -0.25) is 0 Å². The monoisotopic (exact) mass is 156 g/mol. The third kappa shape index (κ3) is 5.78. The van der Waals surface area contributed by atoms with E-state index in [0.717, 1.165) is 11.7 Å².